The Balaban J connectivity index is 0.944. The van der Waals surface area contributed by atoms with Gasteiger partial charge in [0.15, 0.2) is 28.8 Å². The topological polar surface area (TPSA) is 49.2 Å². The Bertz CT molecular complexity index is 3290. The molecule has 0 atom stereocenters. The third-order valence-corrected chi connectivity index (χ3v) is 12.3. The van der Waals surface area contributed by atoms with Crippen molar-refractivity contribution in [3.63, 3.8) is 0 Å². The van der Waals surface area contributed by atoms with E-state index in [2.05, 4.69) is 146 Å². The van der Waals surface area contributed by atoms with Crippen LogP contribution in [-0.4, -0.2) is 14.5 Å². The van der Waals surface area contributed by atoms with Gasteiger partial charge in [-0.1, -0.05) is 135 Å². The molecule has 1 aliphatic carbocycles. The molecular weight excluding hydrogens is 735 g/mol. The molecule has 284 valence electrons. The molecule has 5 heteroatoms. The van der Waals surface area contributed by atoms with Gasteiger partial charge < -0.3 is 14.0 Å². The maximum Gasteiger partial charge on any atom is 0.170 e. The minimum atomic E-state index is -0.228. The van der Waals surface area contributed by atoms with Crippen LogP contribution in [0.1, 0.15) is 25.0 Å². The molecule has 2 aliphatic rings. The third-order valence-electron chi connectivity index (χ3n) is 12.3. The lowest BCUT2D eigenvalue weighted by atomic mass is 9.81. The van der Waals surface area contributed by atoms with Crippen LogP contribution in [0.25, 0.3) is 83.6 Å². The number of hydrogen-bond donors (Lipinski definition) is 0. The van der Waals surface area contributed by atoms with Gasteiger partial charge in [0.1, 0.15) is 0 Å². The van der Waals surface area contributed by atoms with Gasteiger partial charge in [0.2, 0.25) is 0 Å². The molecule has 0 saturated heterocycles. The number of ether oxygens (including phenoxy) is 2. The third kappa shape index (κ3) is 5.40. The van der Waals surface area contributed by atoms with Crippen LogP contribution in [0.4, 0.5) is 0 Å². The Morgan fingerprint density at radius 2 is 1.00 bits per heavy atom. The molecule has 5 nitrogen and oxygen atoms in total. The molecular formula is C55H37N3O2. The first-order chi connectivity index (χ1) is 29.5. The van der Waals surface area contributed by atoms with Gasteiger partial charge in [-0.3, -0.25) is 0 Å². The van der Waals surface area contributed by atoms with Crippen molar-refractivity contribution >= 4 is 21.8 Å². The zero-order valence-corrected chi connectivity index (χ0v) is 33.1. The van der Waals surface area contributed by atoms with Gasteiger partial charge in [-0.25, -0.2) is 9.97 Å². The quantitative estimate of drug-likeness (QED) is 0.175. The Labute approximate surface area is 347 Å². The Kier molecular flexibility index (Phi) is 7.51. The predicted molar refractivity (Wildman–Crippen MR) is 242 cm³/mol. The van der Waals surface area contributed by atoms with E-state index in [-0.39, 0.29) is 5.41 Å². The summed E-state index contributed by atoms with van der Waals surface area (Å²) in [6, 6.07) is 66.0. The fourth-order valence-electron chi connectivity index (χ4n) is 9.24. The van der Waals surface area contributed by atoms with Crippen LogP contribution in [0.2, 0.25) is 0 Å². The lowest BCUT2D eigenvalue weighted by molar-refractivity contribution is 0.359. The van der Waals surface area contributed by atoms with Gasteiger partial charge in [-0.05, 0) is 100 Å². The number of para-hydroxylation sites is 3. The van der Waals surface area contributed by atoms with E-state index >= 15 is 0 Å². The molecule has 0 bridgehead atoms. The Hall–Kier alpha value is -7.76. The largest absolute Gasteiger partial charge is 0.450 e. The van der Waals surface area contributed by atoms with E-state index in [1.54, 1.807) is 0 Å². The minimum absolute atomic E-state index is 0.228. The SMILES string of the molecule is CC1(C)c2cc(-c3ccc4c(c3)c3ccccc3n4-c3cccc(-c4cc(-c5ccccc5)nc(-c5ccccc5)n4)c3)ccc2-c2cc3c(cc21)Oc1ccccc1O3. The van der Waals surface area contributed by atoms with Gasteiger partial charge >= 0.3 is 0 Å². The van der Waals surface area contributed by atoms with Crippen LogP contribution < -0.4 is 9.47 Å². The smallest absolute Gasteiger partial charge is 0.170 e. The first kappa shape index (κ1) is 34.3. The lowest BCUT2D eigenvalue weighted by Gasteiger charge is -2.25. The van der Waals surface area contributed by atoms with Crippen LogP contribution in [0.15, 0.2) is 188 Å². The van der Waals surface area contributed by atoms with Crippen LogP contribution in [0, 0.1) is 0 Å². The molecule has 60 heavy (non-hydrogen) atoms. The van der Waals surface area contributed by atoms with E-state index in [9.17, 15) is 0 Å². The number of rotatable bonds is 5. The average molecular weight is 772 g/mol. The second-order valence-electron chi connectivity index (χ2n) is 16.2. The molecule has 10 aromatic rings. The number of benzene rings is 8. The second-order valence-corrected chi connectivity index (χ2v) is 16.2. The molecule has 0 N–H and O–H groups in total. The van der Waals surface area contributed by atoms with Crippen molar-refractivity contribution in [1.29, 1.82) is 0 Å². The second kappa shape index (κ2) is 13.1. The summed E-state index contributed by atoms with van der Waals surface area (Å²) in [7, 11) is 0. The molecule has 3 heterocycles. The zero-order chi connectivity index (χ0) is 40.0. The normalized spacial score (nSPS) is 13.2. The van der Waals surface area contributed by atoms with Crippen LogP contribution >= 0.6 is 0 Å². The van der Waals surface area contributed by atoms with Crippen LogP contribution in [0.3, 0.4) is 0 Å². The minimum Gasteiger partial charge on any atom is -0.450 e. The lowest BCUT2D eigenvalue weighted by Crippen LogP contribution is -2.15. The van der Waals surface area contributed by atoms with Crippen molar-refractivity contribution in [2.24, 2.45) is 0 Å². The molecule has 0 saturated carbocycles. The molecule has 0 spiro atoms. The predicted octanol–water partition coefficient (Wildman–Crippen LogP) is 14.4. The standard InChI is InChI=1S/C55H37N3O2/c1-55(2)44-30-37(24-26-40(44)42-31-52-53(32-45(42)55)60-51-23-12-11-22-50(51)59-52)36-25-27-49-43(29-36)41-20-9-10-21-48(41)58(49)39-19-13-18-38(28-39)47-33-46(34-14-5-3-6-15-34)56-54(57-47)35-16-7-4-8-17-35/h3-33H,1-2H3. The highest BCUT2D eigenvalue weighted by atomic mass is 16.6. The van der Waals surface area contributed by atoms with E-state index in [1.165, 1.54) is 44.2 Å². The molecule has 0 unspecified atom stereocenters. The molecule has 2 aromatic heterocycles. The monoisotopic (exact) mass is 771 g/mol. The summed E-state index contributed by atoms with van der Waals surface area (Å²) in [4.78, 5) is 10.2. The number of aromatic nitrogens is 3. The number of fused-ring (bicyclic) bond motifs is 8. The van der Waals surface area contributed by atoms with Gasteiger partial charge in [-0.2, -0.15) is 0 Å². The summed E-state index contributed by atoms with van der Waals surface area (Å²) in [5.41, 5.74) is 15.3. The highest BCUT2D eigenvalue weighted by molar-refractivity contribution is 6.10. The van der Waals surface area contributed by atoms with E-state index < -0.39 is 0 Å². The van der Waals surface area contributed by atoms with Crippen molar-refractivity contribution in [3.05, 3.63) is 199 Å². The molecule has 0 amide bonds. The van der Waals surface area contributed by atoms with Crippen LogP contribution in [0.5, 0.6) is 23.0 Å². The van der Waals surface area contributed by atoms with Gasteiger partial charge in [0.25, 0.3) is 0 Å². The summed E-state index contributed by atoms with van der Waals surface area (Å²) < 4.78 is 15.0. The van der Waals surface area contributed by atoms with Crippen molar-refractivity contribution in [3.8, 4) is 84.8 Å². The first-order valence-electron chi connectivity index (χ1n) is 20.4. The van der Waals surface area contributed by atoms with Crippen LogP contribution in [-0.2, 0) is 5.41 Å². The van der Waals surface area contributed by atoms with Gasteiger partial charge in [0, 0.05) is 38.6 Å². The van der Waals surface area contributed by atoms with Gasteiger partial charge in [-0.15, -0.1) is 0 Å². The van der Waals surface area contributed by atoms with E-state index in [4.69, 9.17) is 19.4 Å². The zero-order valence-electron chi connectivity index (χ0n) is 33.1. The van der Waals surface area contributed by atoms with E-state index in [0.29, 0.717) is 5.82 Å². The van der Waals surface area contributed by atoms with Crippen molar-refractivity contribution in [1.82, 2.24) is 14.5 Å². The summed E-state index contributed by atoms with van der Waals surface area (Å²) >= 11 is 0. The summed E-state index contributed by atoms with van der Waals surface area (Å²) in [5, 5.41) is 2.41. The van der Waals surface area contributed by atoms with E-state index in [0.717, 1.165) is 67.8 Å². The van der Waals surface area contributed by atoms with Gasteiger partial charge in [0.05, 0.1) is 22.4 Å². The number of nitrogens with zero attached hydrogens (tertiary/aromatic N) is 3. The summed E-state index contributed by atoms with van der Waals surface area (Å²) in [6.07, 6.45) is 0. The van der Waals surface area contributed by atoms with Crippen molar-refractivity contribution < 1.29 is 9.47 Å². The summed E-state index contributed by atoms with van der Waals surface area (Å²) in [6.45, 7) is 4.62. The molecule has 1 aliphatic heterocycles. The number of hydrogen-bond acceptors (Lipinski definition) is 4. The van der Waals surface area contributed by atoms with E-state index in [1.807, 2.05) is 60.7 Å². The Morgan fingerprint density at radius 3 is 1.78 bits per heavy atom. The molecule has 12 rings (SSSR count). The fraction of sp³-hybridized carbons (Fsp3) is 0.0545. The maximum atomic E-state index is 6.34. The van der Waals surface area contributed by atoms with Crippen molar-refractivity contribution in [2.45, 2.75) is 19.3 Å². The first-order valence-corrected chi connectivity index (χ1v) is 20.4. The highest BCUT2D eigenvalue weighted by Crippen LogP contribution is 2.55. The summed E-state index contributed by atoms with van der Waals surface area (Å²) in [5.74, 6) is 3.69. The molecule has 0 radical (unpaired) electrons. The average Bonchev–Trinajstić information content (AvgIpc) is 3.75. The highest BCUT2D eigenvalue weighted by Gasteiger charge is 2.38. The molecule has 8 aromatic carbocycles. The fourth-order valence-corrected chi connectivity index (χ4v) is 9.24. The molecule has 0 fully saturated rings. The maximum absolute atomic E-state index is 6.34. The van der Waals surface area contributed by atoms with Crippen molar-refractivity contribution in [2.75, 3.05) is 0 Å². The Morgan fingerprint density at radius 1 is 0.400 bits per heavy atom.